The van der Waals surface area contributed by atoms with Crippen molar-refractivity contribution in [1.82, 2.24) is 9.21 Å². The van der Waals surface area contributed by atoms with Crippen LogP contribution in [0.3, 0.4) is 0 Å². The van der Waals surface area contributed by atoms with Gasteiger partial charge >= 0.3 is 0 Å². The van der Waals surface area contributed by atoms with Gasteiger partial charge in [-0.15, -0.1) is 0 Å². The predicted molar refractivity (Wildman–Crippen MR) is 53.4 cm³/mol. The first kappa shape index (κ1) is 10.3. The Kier molecular flexibility index (Phi) is 4.35. The van der Waals surface area contributed by atoms with Crippen molar-refractivity contribution >= 4 is 11.9 Å². The summed E-state index contributed by atoms with van der Waals surface area (Å²) in [6.45, 7) is 4.01. The summed E-state index contributed by atoms with van der Waals surface area (Å²) in [6, 6.07) is 0. The van der Waals surface area contributed by atoms with E-state index >= 15 is 0 Å². The summed E-state index contributed by atoms with van der Waals surface area (Å²) < 4.78 is 7.98. The molecule has 4 heteroatoms. The molecule has 1 aliphatic heterocycles. The highest BCUT2D eigenvalue weighted by molar-refractivity contribution is 7.96. The molecule has 0 unspecified atom stereocenters. The van der Waals surface area contributed by atoms with Gasteiger partial charge in [0.05, 0.1) is 12.7 Å². The Bertz CT molecular complexity index is 132. The minimum Gasteiger partial charge on any atom is -0.374 e. The molecule has 1 saturated heterocycles. The van der Waals surface area contributed by atoms with Gasteiger partial charge < -0.3 is 9.64 Å². The van der Waals surface area contributed by atoms with Crippen LogP contribution in [0.1, 0.15) is 0 Å². The van der Waals surface area contributed by atoms with E-state index in [9.17, 15) is 0 Å². The summed E-state index contributed by atoms with van der Waals surface area (Å²) >= 11 is 1.81. The molecule has 0 saturated carbocycles. The van der Waals surface area contributed by atoms with Crippen molar-refractivity contribution in [3.05, 3.63) is 0 Å². The van der Waals surface area contributed by atoms with Gasteiger partial charge in [0.1, 0.15) is 0 Å². The standard InChI is InChI=1S/C8H18N2OS/c1-9(2)6-8-7-10(12-3)4-5-11-8/h8H,4-7H2,1-3H3/t8-/m1/s1. The number of hydrogen-bond donors (Lipinski definition) is 0. The molecule has 0 spiro atoms. The molecular formula is C8H18N2OS. The Morgan fingerprint density at radius 1 is 1.58 bits per heavy atom. The van der Waals surface area contributed by atoms with E-state index < -0.39 is 0 Å². The number of likely N-dealkylation sites (N-methyl/N-ethyl adjacent to an activating group) is 1. The Morgan fingerprint density at radius 2 is 2.33 bits per heavy atom. The van der Waals surface area contributed by atoms with Gasteiger partial charge in [-0.1, -0.05) is 11.9 Å². The fourth-order valence-electron chi connectivity index (χ4n) is 1.38. The predicted octanol–water partition coefficient (Wildman–Crippen LogP) is 0.527. The van der Waals surface area contributed by atoms with E-state index in [-0.39, 0.29) is 0 Å². The maximum Gasteiger partial charge on any atom is 0.0838 e. The molecule has 0 aromatic rings. The fourth-order valence-corrected chi connectivity index (χ4v) is 1.95. The summed E-state index contributed by atoms with van der Waals surface area (Å²) in [6.07, 6.45) is 2.51. The SMILES string of the molecule is CSN1CCO[C@H](CN(C)C)C1. The van der Waals surface area contributed by atoms with E-state index in [0.29, 0.717) is 6.10 Å². The zero-order valence-corrected chi connectivity index (χ0v) is 8.93. The molecule has 1 fully saturated rings. The zero-order valence-electron chi connectivity index (χ0n) is 8.12. The monoisotopic (exact) mass is 190 g/mol. The van der Waals surface area contributed by atoms with Gasteiger partial charge in [-0.05, 0) is 20.4 Å². The van der Waals surface area contributed by atoms with Crippen LogP contribution in [0.2, 0.25) is 0 Å². The van der Waals surface area contributed by atoms with Crippen molar-refractivity contribution in [3.63, 3.8) is 0 Å². The molecule has 0 amide bonds. The smallest absolute Gasteiger partial charge is 0.0838 e. The summed E-state index contributed by atoms with van der Waals surface area (Å²) in [5.41, 5.74) is 0. The largest absolute Gasteiger partial charge is 0.374 e. The van der Waals surface area contributed by atoms with Crippen LogP contribution < -0.4 is 0 Å². The molecule has 1 rings (SSSR count). The Hall–Kier alpha value is 0.230. The van der Waals surface area contributed by atoms with Crippen LogP contribution in [0.15, 0.2) is 0 Å². The van der Waals surface area contributed by atoms with E-state index in [4.69, 9.17) is 4.74 Å². The van der Waals surface area contributed by atoms with Gasteiger partial charge in [0.2, 0.25) is 0 Å². The molecular weight excluding hydrogens is 172 g/mol. The van der Waals surface area contributed by atoms with Gasteiger partial charge in [-0.2, -0.15) is 0 Å². The molecule has 1 aliphatic rings. The van der Waals surface area contributed by atoms with Crippen LogP contribution >= 0.6 is 11.9 Å². The second-order valence-corrected chi connectivity index (χ2v) is 4.21. The molecule has 3 nitrogen and oxygen atoms in total. The first-order chi connectivity index (χ1) is 5.72. The van der Waals surface area contributed by atoms with E-state index in [1.54, 1.807) is 0 Å². The van der Waals surface area contributed by atoms with Gasteiger partial charge in [0, 0.05) is 19.6 Å². The van der Waals surface area contributed by atoms with Crippen LogP contribution in [0.4, 0.5) is 0 Å². The maximum atomic E-state index is 5.62. The number of rotatable bonds is 3. The Morgan fingerprint density at radius 3 is 2.92 bits per heavy atom. The highest BCUT2D eigenvalue weighted by Gasteiger charge is 2.19. The van der Waals surface area contributed by atoms with E-state index in [1.807, 2.05) is 11.9 Å². The Labute approximate surface area is 79.2 Å². The van der Waals surface area contributed by atoms with E-state index in [2.05, 4.69) is 29.6 Å². The van der Waals surface area contributed by atoms with Crippen molar-refractivity contribution in [2.45, 2.75) is 6.10 Å². The molecule has 0 aliphatic carbocycles. The first-order valence-electron chi connectivity index (χ1n) is 4.27. The van der Waals surface area contributed by atoms with E-state index in [0.717, 1.165) is 26.2 Å². The Balaban J connectivity index is 2.25. The minimum atomic E-state index is 0.390. The van der Waals surface area contributed by atoms with Gasteiger partial charge in [-0.25, -0.2) is 4.31 Å². The maximum absolute atomic E-state index is 5.62. The minimum absolute atomic E-state index is 0.390. The molecule has 1 heterocycles. The highest BCUT2D eigenvalue weighted by Crippen LogP contribution is 2.12. The second-order valence-electron chi connectivity index (χ2n) is 3.33. The quantitative estimate of drug-likeness (QED) is 0.603. The van der Waals surface area contributed by atoms with E-state index in [1.165, 1.54) is 0 Å². The average Bonchev–Trinajstić information content (AvgIpc) is 2.03. The first-order valence-corrected chi connectivity index (χ1v) is 5.46. The van der Waals surface area contributed by atoms with Crippen LogP contribution in [0.5, 0.6) is 0 Å². The number of hydrogen-bond acceptors (Lipinski definition) is 4. The molecule has 1 atom stereocenters. The summed E-state index contributed by atoms with van der Waals surface area (Å²) in [7, 11) is 4.17. The lowest BCUT2D eigenvalue weighted by Gasteiger charge is -2.32. The van der Waals surface area contributed by atoms with Crippen LogP contribution in [0, 0.1) is 0 Å². The van der Waals surface area contributed by atoms with Crippen molar-refractivity contribution in [2.24, 2.45) is 0 Å². The lowest BCUT2D eigenvalue weighted by molar-refractivity contribution is -0.0103. The zero-order chi connectivity index (χ0) is 8.97. The molecule has 0 aromatic heterocycles. The number of ether oxygens (including phenoxy) is 1. The van der Waals surface area contributed by atoms with Gasteiger partial charge in [0.25, 0.3) is 0 Å². The van der Waals surface area contributed by atoms with Crippen LogP contribution in [-0.2, 0) is 4.74 Å². The lowest BCUT2D eigenvalue weighted by Crippen LogP contribution is -2.43. The lowest BCUT2D eigenvalue weighted by atomic mass is 10.3. The van der Waals surface area contributed by atoms with Gasteiger partial charge in [-0.3, -0.25) is 0 Å². The van der Waals surface area contributed by atoms with Gasteiger partial charge in [0.15, 0.2) is 0 Å². The van der Waals surface area contributed by atoms with Crippen molar-refractivity contribution < 1.29 is 4.74 Å². The highest BCUT2D eigenvalue weighted by atomic mass is 32.2. The third-order valence-corrected chi connectivity index (χ3v) is 2.78. The summed E-state index contributed by atoms with van der Waals surface area (Å²) in [5, 5.41) is 0. The average molecular weight is 190 g/mol. The third kappa shape index (κ3) is 3.31. The number of nitrogens with zero attached hydrogens (tertiary/aromatic N) is 2. The molecule has 0 aromatic carbocycles. The van der Waals surface area contributed by atoms with Crippen LogP contribution in [0.25, 0.3) is 0 Å². The number of morpholine rings is 1. The normalized spacial score (nSPS) is 26.5. The molecule has 0 radical (unpaired) electrons. The molecule has 0 N–H and O–H groups in total. The van der Waals surface area contributed by atoms with Crippen molar-refractivity contribution in [1.29, 1.82) is 0 Å². The summed E-state index contributed by atoms with van der Waals surface area (Å²) in [5.74, 6) is 0. The summed E-state index contributed by atoms with van der Waals surface area (Å²) in [4.78, 5) is 2.18. The molecule has 12 heavy (non-hydrogen) atoms. The third-order valence-electron chi connectivity index (χ3n) is 1.93. The molecule has 72 valence electrons. The molecule has 0 bridgehead atoms. The fraction of sp³-hybridized carbons (Fsp3) is 1.00. The van der Waals surface area contributed by atoms with Crippen molar-refractivity contribution in [2.75, 3.05) is 46.6 Å². The topological polar surface area (TPSA) is 15.7 Å². The van der Waals surface area contributed by atoms with Crippen LogP contribution in [-0.4, -0.2) is 61.9 Å². The van der Waals surface area contributed by atoms with Crippen molar-refractivity contribution in [3.8, 4) is 0 Å². The second kappa shape index (κ2) is 5.07.